The van der Waals surface area contributed by atoms with E-state index in [1.165, 1.54) is 0 Å². The van der Waals surface area contributed by atoms with Crippen LogP contribution in [-0.4, -0.2) is 66.5 Å². The summed E-state index contributed by atoms with van der Waals surface area (Å²) >= 11 is 0. The van der Waals surface area contributed by atoms with E-state index in [-0.39, 0.29) is 17.9 Å². The van der Waals surface area contributed by atoms with Crippen molar-refractivity contribution in [3.63, 3.8) is 0 Å². The lowest BCUT2D eigenvalue weighted by molar-refractivity contribution is 0.0714. The lowest BCUT2D eigenvalue weighted by Crippen LogP contribution is -2.30. The quantitative estimate of drug-likeness (QED) is 0.684. The van der Waals surface area contributed by atoms with Crippen molar-refractivity contribution in [2.45, 2.75) is 12.0 Å². The zero-order valence-electron chi connectivity index (χ0n) is 15.0. The largest absolute Gasteiger partial charge is 0.379 e. The smallest absolute Gasteiger partial charge is 0.259 e. The summed E-state index contributed by atoms with van der Waals surface area (Å²) in [4.78, 5) is 15.0. The molecule has 0 radical (unpaired) electrons. The Bertz CT molecular complexity index is 912. The summed E-state index contributed by atoms with van der Waals surface area (Å²) < 4.78 is 10.9. The van der Waals surface area contributed by atoms with Crippen LogP contribution in [0.4, 0.5) is 0 Å². The zero-order valence-corrected chi connectivity index (χ0v) is 15.0. The summed E-state index contributed by atoms with van der Waals surface area (Å²) in [5, 5.41) is 12.5. The van der Waals surface area contributed by atoms with Crippen molar-refractivity contribution in [1.82, 2.24) is 34.2 Å². The molecule has 3 aromatic rings. The highest BCUT2D eigenvalue weighted by atomic mass is 16.5. The summed E-state index contributed by atoms with van der Waals surface area (Å²) in [5.74, 6) is 0.691. The number of hydrogen-bond acceptors (Lipinski definition) is 5. The second-order valence-electron chi connectivity index (χ2n) is 6.50. The lowest BCUT2D eigenvalue weighted by atomic mass is 10.0. The number of nitrogens with zero attached hydrogens (tertiary/aromatic N) is 7. The van der Waals surface area contributed by atoms with Crippen LogP contribution in [0.3, 0.4) is 0 Å². The number of amides is 1. The van der Waals surface area contributed by atoms with E-state index in [2.05, 4.69) is 15.4 Å². The van der Waals surface area contributed by atoms with Crippen molar-refractivity contribution in [1.29, 1.82) is 0 Å². The molecule has 0 bridgehead atoms. The molecule has 1 fully saturated rings. The maximum Gasteiger partial charge on any atom is 0.259 e. The highest BCUT2D eigenvalue weighted by molar-refractivity contribution is 5.97. The van der Waals surface area contributed by atoms with Crippen LogP contribution in [0.1, 0.15) is 22.0 Å². The summed E-state index contributed by atoms with van der Waals surface area (Å²) in [7, 11) is 5.32. The monoisotopic (exact) mass is 355 g/mol. The Balaban J connectivity index is 1.62. The number of carbonyl (C=O) groups excluding carboxylic acids is 1. The van der Waals surface area contributed by atoms with Crippen LogP contribution in [-0.2, 0) is 18.8 Å². The Hall–Kier alpha value is -2.94. The minimum Gasteiger partial charge on any atom is -0.379 e. The van der Waals surface area contributed by atoms with Crippen LogP contribution in [0.2, 0.25) is 0 Å². The fourth-order valence-electron chi connectivity index (χ4n) is 3.53. The molecular formula is C17H21N7O2. The second kappa shape index (κ2) is 6.41. The molecule has 9 nitrogen and oxygen atoms in total. The molecule has 26 heavy (non-hydrogen) atoms. The summed E-state index contributed by atoms with van der Waals surface area (Å²) in [5.41, 5.74) is 1.41. The molecule has 3 aromatic heterocycles. The van der Waals surface area contributed by atoms with Gasteiger partial charge in [0.15, 0.2) is 0 Å². The molecular weight excluding hydrogens is 334 g/mol. The van der Waals surface area contributed by atoms with Gasteiger partial charge >= 0.3 is 0 Å². The third-order valence-corrected chi connectivity index (χ3v) is 4.84. The molecule has 0 aliphatic carbocycles. The highest BCUT2D eigenvalue weighted by Crippen LogP contribution is 2.30. The van der Waals surface area contributed by atoms with E-state index in [1.807, 2.05) is 49.4 Å². The first-order valence-corrected chi connectivity index (χ1v) is 8.42. The number of hydrogen-bond donors (Lipinski definition) is 0. The molecule has 0 N–H and O–H groups in total. The molecule has 1 aliphatic heterocycles. The molecule has 136 valence electrons. The standard InChI is InChI=1S/C17H21N7O2/c1-21-10-14(19-20-21)13-9-24(11-15(13)26-3)17(25)12-8-18-22(2)16(12)23-6-4-5-7-23/h4-8,10,13,15H,9,11H2,1-3H3/t13-,15+/m0/s1. The van der Waals surface area contributed by atoms with E-state index in [9.17, 15) is 4.79 Å². The maximum atomic E-state index is 13.2. The predicted molar refractivity (Wildman–Crippen MR) is 93.0 cm³/mol. The van der Waals surface area contributed by atoms with Crippen molar-refractivity contribution in [3.8, 4) is 5.82 Å². The first-order chi connectivity index (χ1) is 12.6. The first kappa shape index (κ1) is 16.5. The van der Waals surface area contributed by atoms with E-state index in [1.54, 1.807) is 27.6 Å². The number of aryl methyl sites for hydroxylation is 2. The third kappa shape index (κ3) is 2.70. The summed E-state index contributed by atoms with van der Waals surface area (Å²) in [6.07, 6.45) is 7.19. The fraction of sp³-hybridized carbons (Fsp3) is 0.412. The van der Waals surface area contributed by atoms with Crippen LogP contribution in [0.15, 0.2) is 36.9 Å². The zero-order chi connectivity index (χ0) is 18.3. The number of aromatic nitrogens is 6. The molecule has 1 amide bonds. The SMILES string of the molecule is CO[C@@H]1CN(C(=O)c2cnn(C)c2-n2cccc2)C[C@H]1c1cn(C)nn1. The van der Waals surface area contributed by atoms with Crippen molar-refractivity contribution < 1.29 is 9.53 Å². The number of likely N-dealkylation sites (tertiary alicyclic amines) is 1. The van der Waals surface area contributed by atoms with Crippen LogP contribution < -0.4 is 0 Å². The van der Waals surface area contributed by atoms with Gasteiger partial charge in [0.1, 0.15) is 11.4 Å². The average molecular weight is 355 g/mol. The van der Waals surface area contributed by atoms with Gasteiger partial charge in [-0.25, -0.2) is 0 Å². The van der Waals surface area contributed by atoms with Gasteiger partial charge in [0.05, 0.1) is 23.9 Å². The van der Waals surface area contributed by atoms with E-state index in [0.717, 1.165) is 11.5 Å². The molecule has 0 saturated carbocycles. The lowest BCUT2D eigenvalue weighted by Gasteiger charge is -2.16. The number of carbonyl (C=O) groups is 1. The molecule has 0 spiro atoms. The Morgan fingerprint density at radius 2 is 2.00 bits per heavy atom. The highest BCUT2D eigenvalue weighted by Gasteiger charge is 2.39. The van der Waals surface area contributed by atoms with Gasteiger partial charge in [-0.1, -0.05) is 5.21 Å². The van der Waals surface area contributed by atoms with E-state index in [4.69, 9.17) is 4.74 Å². The van der Waals surface area contributed by atoms with Gasteiger partial charge < -0.3 is 14.2 Å². The molecule has 9 heteroatoms. The van der Waals surface area contributed by atoms with Crippen molar-refractivity contribution in [2.24, 2.45) is 14.1 Å². The van der Waals surface area contributed by atoms with Crippen LogP contribution in [0, 0.1) is 0 Å². The summed E-state index contributed by atoms with van der Waals surface area (Å²) in [6, 6.07) is 3.84. The van der Waals surface area contributed by atoms with Crippen molar-refractivity contribution in [3.05, 3.63) is 48.2 Å². The molecule has 1 saturated heterocycles. The molecule has 4 rings (SSSR count). The predicted octanol–water partition coefficient (Wildman–Crippen LogP) is 0.594. The fourth-order valence-corrected chi connectivity index (χ4v) is 3.53. The van der Waals surface area contributed by atoms with Crippen molar-refractivity contribution >= 4 is 5.91 Å². The third-order valence-electron chi connectivity index (χ3n) is 4.84. The Kier molecular flexibility index (Phi) is 4.08. The minimum absolute atomic E-state index is 0.00403. The van der Waals surface area contributed by atoms with Gasteiger partial charge in [-0.05, 0) is 12.1 Å². The van der Waals surface area contributed by atoms with E-state index in [0.29, 0.717) is 18.7 Å². The van der Waals surface area contributed by atoms with E-state index >= 15 is 0 Å². The average Bonchev–Trinajstić information content (AvgIpc) is 3.40. The number of methoxy groups -OCH3 is 1. The van der Waals surface area contributed by atoms with Crippen molar-refractivity contribution in [2.75, 3.05) is 20.2 Å². The van der Waals surface area contributed by atoms with E-state index < -0.39 is 0 Å². The maximum absolute atomic E-state index is 13.2. The number of rotatable bonds is 4. The minimum atomic E-state index is -0.109. The van der Waals surface area contributed by atoms with Gasteiger partial charge in [-0.15, -0.1) is 5.10 Å². The van der Waals surface area contributed by atoms with Crippen LogP contribution in [0.25, 0.3) is 5.82 Å². The Labute approximate surface area is 150 Å². The second-order valence-corrected chi connectivity index (χ2v) is 6.50. The topological polar surface area (TPSA) is 83.0 Å². The Morgan fingerprint density at radius 1 is 1.23 bits per heavy atom. The van der Waals surface area contributed by atoms with Gasteiger partial charge in [0.2, 0.25) is 0 Å². The normalized spacial score (nSPS) is 20.0. The molecule has 1 aliphatic rings. The molecule has 0 aromatic carbocycles. The van der Waals surface area contributed by atoms with Gasteiger partial charge in [0, 0.05) is 52.9 Å². The molecule has 4 heterocycles. The summed E-state index contributed by atoms with van der Waals surface area (Å²) in [6.45, 7) is 1.05. The molecule has 0 unspecified atom stereocenters. The molecule has 2 atom stereocenters. The Morgan fingerprint density at radius 3 is 2.65 bits per heavy atom. The number of ether oxygens (including phenoxy) is 1. The van der Waals surface area contributed by atoms with Crippen LogP contribution in [0.5, 0.6) is 0 Å². The first-order valence-electron chi connectivity index (χ1n) is 8.42. The van der Waals surface area contributed by atoms with Gasteiger partial charge in [0.25, 0.3) is 5.91 Å². The van der Waals surface area contributed by atoms with Crippen LogP contribution >= 0.6 is 0 Å². The van der Waals surface area contributed by atoms with Gasteiger partial charge in [-0.2, -0.15) is 5.10 Å². The van der Waals surface area contributed by atoms with Gasteiger partial charge in [-0.3, -0.25) is 14.2 Å².